The molecule has 0 spiro atoms. The van der Waals surface area contributed by atoms with Crippen molar-refractivity contribution in [1.82, 2.24) is 20.5 Å². The number of hydrogen-bond acceptors (Lipinski definition) is 7. The summed E-state index contributed by atoms with van der Waals surface area (Å²) in [6.45, 7) is 11.4. The molecule has 2 aromatic carbocycles. The Bertz CT molecular complexity index is 1870. The number of nitrogens with one attached hydrogen (secondary N) is 2. The van der Waals surface area contributed by atoms with Crippen molar-refractivity contribution in [3.05, 3.63) is 67.3 Å². The van der Waals surface area contributed by atoms with E-state index in [0.29, 0.717) is 22.7 Å². The average molecular weight is 725 g/mol. The highest BCUT2D eigenvalue weighted by Crippen LogP contribution is 2.45. The number of pyridine rings is 1. The van der Waals surface area contributed by atoms with E-state index in [9.17, 15) is 24.3 Å². The Hall–Kier alpha value is -4.93. The van der Waals surface area contributed by atoms with Gasteiger partial charge in [-0.25, -0.2) is 9.78 Å². The van der Waals surface area contributed by atoms with Gasteiger partial charge >= 0.3 is 5.97 Å². The molecule has 2 saturated carbocycles. The van der Waals surface area contributed by atoms with E-state index < -0.39 is 52.8 Å². The summed E-state index contributed by atoms with van der Waals surface area (Å²) in [6.07, 6.45) is 6.53. The summed E-state index contributed by atoms with van der Waals surface area (Å²) < 4.78 is 12.2. The van der Waals surface area contributed by atoms with E-state index in [1.54, 1.807) is 7.11 Å². The second kappa shape index (κ2) is 15.2. The predicted octanol–water partition coefficient (Wildman–Crippen LogP) is 6.15. The molecule has 3 aliphatic rings. The van der Waals surface area contributed by atoms with Crippen LogP contribution in [0.1, 0.15) is 72.6 Å². The highest BCUT2D eigenvalue weighted by molar-refractivity contribution is 5.97. The molecule has 6 atom stereocenters. The number of carboxylic acids is 1. The molecule has 3 N–H and O–H groups in total. The van der Waals surface area contributed by atoms with Gasteiger partial charge in [-0.2, -0.15) is 0 Å². The molecule has 2 aliphatic carbocycles. The summed E-state index contributed by atoms with van der Waals surface area (Å²) in [6, 6.07) is 15.1. The molecule has 3 amide bonds. The number of carbonyl (C=O) groups excluding carboxylic acids is 3. The lowest BCUT2D eigenvalue weighted by Crippen LogP contribution is -2.59. The van der Waals surface area contributed by atoms with Crippen molar-refractivity contribution in [2.24, 2.45) is 23.2 Å². The van der Waals surface area contributed by atoms with Crippen LogP contribution in [0.25, 0.3) is 22.2 Å². The van der Waals surface area contributed by atoms with Crippen LogP contribution in [0.2, 0.25) is 0 Å². The summed E-state index contributed by atoms with van der Waals surface area (Å²) in [5, 5.41) is 16.7. The SMILES string of the molecule is C=C[C@@H]1C[C@]1(NC(=O)[C@@H]1C[C@@H](Oc2cc(-c3ccccc3)nc3cc(OC)ccc23)CN1C(=O)[C@@H](NC(=O)[C@@H](C)C1CCCCC1)C(C)(C)C)C(=O)O. The zero-order valence-corrected chi connectivity index (χ0v) is 31.4. The maximum atomic E-state index is 14.7. The van der Waals surface area contributed by atoms with Gasteiger partial charge in [-0.15, -0.1) is 6.58 Å². The minimum absolute atomic E-state index is 0.0448. The molecule has 3 fully saturated rings. The molecule has 1 aromatic heterocycles. The Balaban J connectivity index is 1.33. The Morgan fingerprint density at radius 3 is 2.40 bits per heavy atom. The number of aromatic nitrogens is 1. The molecule has 3 aromatic rings. The minimum atomic E-state index is -1.48. The van der Waals surface area contributed by atoms with Crippen LogP contribution in [0.5, 0.6) is 11.5 Å². The van der Waals surface area contributed by atoms with Gasteiger partial charge in [0.15, 0.2) is 0 Å². The Labute approximate surface area is 311 Å². The van der Waals surface area contributed by atoms with Gasteiger partial charge in [0.05, 0.1) is 24.9 Å². The van der Waals surface area contributed by atoms with Crippen molar-refractivity contribution >= 4 is 34.6 Å². The van der Waals surface area contributed by atoms with Gasteiger partial charge < -0.3 is 30.1 Å². The number of carboxylic acid groups (broad SMARTS) is 1. The van der Waals surface area contributed by atoms with E-state index in [0.717, 1.165) is 36.6 Å². The van der Waals surface area contributed by atoms with Gasteiger partial charge in [-0.3, -0.25) is 14.4 Å². The first-order valence-electron chi connectivity index (χ1n) is 18.8. The number of aliphatic carboxylic acids is 1. The number of likely N-dealkylation sites (tertiary alicyclic amines) is 1. The number of benzene rings is 2. The predicted molar refractivity (Wildman–Crippen MR) is 202 cm³/mol. The number of ether oxygens (including phenoxy) is 2. The highest BCUT2D eigenvalue weighted by Gasteiger charge is 2.61. The summed E-state index contributed by atoms with van der Waals surface area (Å²) in [7, 11) is 1.59. The summed E-state index contributed by atoms with van der Waals surface area (Å²) in [5.74, 6) is -1.61. The standard InChI is InChI=1S/C42H52N4O7/c1-7-28-23-42(28,40(50)51)45-38(48)34-21-30(24-46(34)39(49)36(41(3,4)5)44-37(47)25(2)26-14-10-8-11-15-26)53-35-22-32(27-16-12-9-13-17-27)43-33-20-29(52-6)18-19-31(33)35/h7,9,12-13,16-20,22,25-26,28,30,34,36H,1,8,10-11,14-15,21,23-24H2,2-6H3,(H,44,47)(H,45,48)(H,50,51)/t25-,28+,30+,34-,36+,42+/m0/s1. The first kappa shape index (κ1) is 37.8. The summed E-state index contributed by atoms with van der Waals surface area (Å²) >= 11 is 0. The molecule has 0 bridgehead atoms. The van der Waals surface area contributed by atoms with Crippen LogP contribution in [0.15, 0.2) is 67.3 Å². The van der Waals surface area contributed by atoms with Crippen molar-refractivity contribution in [1.29, 1.82) is 0 Å². The Kier molecular flexibility index (Phi) is 10.8. The second-order valence-corrected chi connectivity index (χ2v) is 16.0. The van der Waals surface area contributed by atoms with Gasteiger partial charge in [0.1, 0.15) is 35.2 Å². The molecule has 1 aliphatic heterocycles. The van der Waals surface area contributed by atoms with Crippen molar-refractivity contribution in [3.8, 4) is 22.8 Å². The van der Waals surface area contributed by atoms with Gasteiger partial charge in [-0.1, -0.05) is 83.4 Å². The quantitative estimate of drug-likeness (QED) is 0.189. The molecule has 282 valence electrons. The van der Waals surface area contributed by atoms with Crippen LogP contribution in [0, 0.1) is 23.2 Å². The molecular formula is C42H52N4O7. The van der Waals surface area contributed by atoms with Gasteiger partial charge in [-0.05, 0) is 42.7 Å². The third-order valence-corrected chi connectivity index (χ3v) is 11.4. The molecule has 11 heteroatoms. The monoisotopic (exact) mass is 724 g/mol. The third kappa shape index (κ3) is 7.89. The lowest BCUT2D eigenvalue weighted by Gasteiger charge is -2.37. The molecule has 1 saturated heterocycles. The van der Waals surface area contributed by atoms with E-state index in [2.05, 4.69) is 17.2 Å². The van der Waals surface area contributed by atoms with Gasteiger partial charge in [0.25, 0.3) is 0 Å². The maximum absolute atomic E-state index is 14.7. The molecule has 2 heterocycles. The van der Waals surface area contributed by atoms with Gasteiger partial charge in [0, 0.05) is 41.3 Å². The van der Waals surface area contributed by atoms with Crippen molar-refractivity contribution in [2.45, 2.75) is 96.4 Å². The zero-order valence-electron chi connectivity index (χ0n) is 31.4. The smallest absolute Gasteiger partial charge is 0.330 e. The second-order valence-electron chi connectivity index (χ2n) is 16.0. The third-order valence-electron chi connectivity index (χ3n) is 11.4. The lowest BCUT2D eigenvalue weighted by atomic mass is 9.79. The number of hydrogen-bond donors (Lipinski definition) is 3. The topological polar surface area (TPSA) is 147 Å². The number of rotatable bonds is 12. The van der Waals surface area contributed by atoms with E-state index in [1.807, 2.05) is 82.3 Å². The van der Waals surface area contributed by atoms with Crippen molar-refractivity contribution < 1.29 is 33.8 Å². The van der Waals surface area contributed by atoms with Crippen molar-refractivity contribution in [2.75, 3.05) is 13.7 Å². The van der Waals surface area contributed by atoms with Crippen LogP contribution >= 0.6 is 0 Å². The highest BCUT2D eigenvalue weighted by atomic mass is 16.5. The fourth-order valence-corrected chi connectivity index (χ4v) is 7.97. The number of nitrogens with zero attached hydrogens (tertiary/aromatic N) is 2. The fourth-order valence-electron chi connectivity index (χ4n) is 7.97. The van der Waals surface area contributed by atoms with E-state index in [1.165, 1.54) is 17.4 Å². The summed E-state index contributed by atoms with van der Waals surface area (Å²) in [5.41, 5.74) is 0.0306. The molecular weight excluding hydrogens is 672 g/mol. The largest absolute Gasteiger partial charge is 0.497 e. The molecule has 0 unspecified atom stereocenters. The van der Waals surface area contributed by atoms with Crippen LogP contribution in [0.4, 0.5) is 0 Å². The molecule has 11 nitrogen and oxygen atoms in total. The first-order chi connectivity index (χ1) is 25.2. The minimum Gasteiger partial charge on any atom is -0.497 e. The zero-order chi connectivity index (χ0) is 38.1. The van der Waals surface area contributed by atoms with Gasteiger partial charge in [0.2, 0.25) is 17.7 Å². The number of methoxy groups -OCH3 is 1. The maximum Gasteiger partial charge on any atom is 0.330 e. The average Bonchev–Trinajstić information content (AvgIpc) is 3.72. The molecule has 0 radical (unpaired) electrons. The number of fused-ring (bicyclic) bond motifs is 1. The van der Waals surface area contributed by atoms with Crippen LogP contribution < -0.4 is 20.1 Å². The molecule has 6 rings (SSSR count). The molecule has 53 heavy (non-hydrogen) atoms. The van der Waals surface area contributed by atoms with E-state index >= 15 is 0 Å². The van der Waals surface area contributed by atoms with Crippen molar-refractivity contribution in [3.63, 3.8) is 0 Å². The fraction of sp³-hybridized carbons (Fsp3) is 0.500. The van der Waals surface area contributed by atoms with Crippen LogP contribution in [-0.2, 0) is 19.2 Å². The Morgan fingerprint density at radius 2 is 1.77 bits per heavy atom. The normalized spacial score (nSPS) is 24.2. The number of carbonyl (C=O) groups is 4. The summed E-state index contributed by atoms with van der Waals surface area (Å²) in [4.78, 5) is 61.3. The lowest BCUT2D eigenvalue weighted by molar-refractivity contribution is -0.147. The van der Waals surface area contributed by atoms with E-state index in [4.69, 9.17) is 14.5 Å². The van der Waals surface area contributed by atoms with Crippen LogP contribution in [-0.4, -0.2) is 76.1 Å². The van der Waals surface area contributed by atoms with Crippen LogP contribution in [0.3, 0.4) is 0 Å². The first-order valence-corrected chi connectivity index (χ1v) is 18.8. The van der Waals surface area contributed by atoms with E-state index in [-0.39, 0.29) is 37.1 Å². The Morgan fingerprint density at radius 1 is 1.06 bits per heavy atom. The number of amides is 3.